The number of halogens is 1. The number of amides is 1. The summed E-state index contributed by atoms with van der Waals surface area (Å²) in [5.41, 5.74) is 1.86. The molecule has 1 aromatic heterocycles. The summed E-state index contributed by atoms with van der Waals surface area (Å²) in [5, 5.41) is 13.7. The normalized spacial score (nSPS) is 13.6. The molecule has 0 radical (unpaired) electrons. The van der Waals surface area contributed by atoms with Crippen molar-refractivity contribution >= 4 is 34.8 Å². The Morgan fingerprint density at radius 3 is 2.88 bits per heavy atom. The molecule has 0 atom stereocenters. The lowest BCUT2D eigenvalue weighted by atomic mass is 10.2. The monoisotopic (exact) mass is 346 g/mol. The Balaban J connectivity index is 1.72. The number of anilines is 2. The van der Waals surface area contributed by atoms with Gasteiger partial charge >= 0.3 is 0 Å². The summed E-state index contributed by atoms with van der Waals surface area (Å²) in [6.45, 7) is 5.51. The number of aliphatic imine (C=N–C) groups is 1. The Hall–Kier alpha value is -2.54. The van der Waals surface area contributed by atoms with Gasteiger partial charge in [0, 0.05) is 24.5 Å². The maximum Gasteiger partial charge on any atom is 0.273 e. The zero-order valence-corrected chi connectivity index (χ0v) is 14.3. The minimum atomic E-state index is -0.222. The number of guanidine groups is 1. The molecule has 0 saturated carbocycles. The smallest absolute Gasteiger partial charge is 0.273 e. The van der Waals surface area contributed by atoms with Crippen LogP contribution in [-0.2, 0) is 0 Å². The van der Waals surface area contributed by atoms with Crippen LogP contribution < -0.4 is 16.0 Å². The SMILES string of the molecule is CC(C)n1nccc1C(=O)Nc1ccc(NC2=NCCN2)c(Cl)c1. The highest BCUT2D eigenvalue weighted by Gasteiger charge is 2.15. The molecule has 126 valence electrons. The third kappa shape index (κ3) is 3.51. The standard InChI is InChI=1S/C16H19ClN6O/c1-10(2)23-14(5-6-20-23)15(24)21-11-3-4-13(12(17)9-11)22-16-18-7-8-19-16/h3-6,9-10H,7-8H2,1-2H3,(H,21,24)(H2,18,19,22). The summed E-state index contributed by atoms with van der Waals surface area (Å²) >= 11 is 6.28. The quantitative estimate of drug-likeness (QED) is 0.794. The van der Waals surface area contributed by atoms with Crippen molar-refractivity contribution < 1.29 is 4.79 Å². The van der Waals surface area contributed by atoms with Crippen LogP contribution in [-0.4, -0.2) is 34.7 Å². The highest BCUT2D eigenvalue weighted by Crippen LogP contribution is 2.26. The maximum atomic E-state index is 12.4. The zero-order valence-electron chi connectivity index (χ0n) is 13.5. The molecule has 1 aliphatic heterocycles. The number of nitrogens with one attached hydrogen (secondary N) is 3. The van der Waals surface area contributed by atoms with E-state index >= 15 is 0 Å². The fraction of sp³-hybridized carbons (Fsp3) is 0.312. The summed E-state index contributed by atoms with van der Waals surface area (Å²) < 4.78 is 1.68. The molecule has 0 saturated heterocycles. The van der Waals surface area contributed by atoms with Crippen molar-refractivity contribution in [2.24, 2.45) is 4.99 Å². The van der Waals surface area contributed by atoms with Crippen molar-refractivity contribution in [3.05, 3.63) is 41.2 Å². The van der Waals surface area contributed by atoms with E-state index in [1.54, 1.807) is 35.1 Å². The molecule has 24 heavy (non-hydrogen) atoms. The molecule has 1 aromatic carbocycles. The molecular weight excluding hydrogens is 328 g/mol. The van der Waals surface area contributed by atoms with Gasteiger partial charge in [0.2, 0.25) is 0 Å². The number of nitrogens with zero attached hydrogens (tertiary/aromatic N) is 3. The molecule has 1 amide bonds. The molecule has 0 spiro atoms. The molecule has 1 aliphatic rings. The van der Waals surface area contributed by atoms with Crippen LogP contribution in [0, 0.1) is 0 Å². The third-order valence-corrected chi connectivity index (χ3v) is 3.86. The molecule has 0 bridgehead atoms. The lowest BCUT2D eigenvalue weighted by Gasteiger charge is -2.13. The van der Waals surface area contributed by atoms with Crippen LogP contribution in [0.5, 0.6) is 0 Å². The van der Waals surface area contributed by atoms with Gasteiger partial charge in [-0.3, -0.25) is 14.5 Å². The first-order valence-electron chi connectivity index (χ1n) is 7.74. The highest BCUT2D eigenvalue weighted by atomic mass is 35.5. The number of hydrogen-bond donors (Lipinski definition) is 3. The largest absolute Gasteiger partial charge is 0.354 e. The van der Waals surface area contributed by atoms with Crippen molar-refractivity contribution in [3.63, 3.8) is 0 Å². The lowest BCUT2D eigenvalue weighted by Crippen LogP contribution is -2.26. The fourth-order valence-electron chi connectivity index (χ4n) is 2.40. The molecule has 7 nitrogen and oxygen atoms in total. The van der Waals surface area contributed by atoms with Gasteiger partial charge in [0.15, 0.2) is 5.96 Å². The van der Waals surface area contributed by atoms with Gasteiger partial charge in [0.25, 0.3) is 5.91 Å². The molecule has 3 N–H and O–H groups in total. The molecule has 0 unspecified atom stereocenters. The molecule has 0 fully saturated rings. The average Bonchev–Trinajstić information content (AvgIpc) is 3.21. The fourth-order valence-corrected chi connectivity index (χ4v) is 2.63. The summed E-state index contributed by atoms with van der Waals surface area (Å²) in [6, 6.07) is 7.10. The van der Waals surface area contributed by atoms with Crippen molar-refractivity contribution in [2.45, 2.75) is 19.9 Å². The van der Waals surface area contributed by atoms with E-state index < -0.39 is 0 Å². The van der Waals surface area contributed by atoms with Crippen molar-refractivity contribution in [3.8, 4) is 0 Å². The van der Waals surface area contributed by atoms with Crippen LogP contribution >= 0.6 is 11.6 Å². The van der Waals surface area contributed by atoms with Crippen LogP contribution in [0.3, 0.4) is 0 Å². The number of hydrogen-bond acceptors (Lipinski definition) is 5. The van der Waals surface area contributed by atoms with Gasteiger partial charge in [0.1, 0.15) is 5.69 Å². The van der Waals surface area contributed by atoms with Crippen LogP contribution in [0.2, 0.25) is 5.02 Å². The average molecular weight is 347 g/mol. The molecule has 0 aliphatic carbocycles. The number of carbonyl (C=O) groups excluding carboxylic acids is 1. The van der Waals surface area contributed by atoms with E-state index in [9.17, 15) is 4.79 Å². The Bertz CT molecular complexity index is 783. The Kier molecular flexibility index (Phi) is 4.71. The molecule has 8 heteroatoms. The predicted molar refractivity (Wildman–Crippen MR) is 95.9 cm³/mol. The highest BCUT2D eigenvalue weighted by molar-refractivity contribution is 6.34. The third-order valence-electron chi connectivity index (χ3n) is 3.55. The number of benzene rings is 1. The van der Waals surface area contributed by atoms with E-state index in [-0.39, 0.29) is 11.9 Å². The minimum absolute atomic E-state index is 0.107. The Morgan fingerprint density at radius 1 is 1.38 bits per heavy atom. The summed E-state index contributed by atoms with van der Waals surface area (Å²) in [6.07, 6.45) is 1.62. The second-order valence-electron chi connectivity index (χ2n) is 5.69. The summed E-state index contributed by atoms with van der Waals surface area (Å²) in [4.78, 5) is 16.7. The van der Waals surface area contributed by atoms with Crippen LogP contribution in [0.4, 0.5) is 11.4 Å². The van der Waals surface area contributed by atoms with Gasteiger partial charge in [-0.2, -0.15) is 5.10 Å². The number of aromatic nitrogens is 2. The van der Waals surface area contributed by atoms with E-state index in [2.05, 4.69) is 26.0 Å². The van der Waals surface area contributed by atoms with E-state index in [0.29, 0.717) is 22.4 Å². The van der Waals surface area contributed by atoms with Crippen molar-refractivity contribution in [1.29, 1.82) is 0 Å². The van der Waals surface area contributed by atoms with Gasteiger partial charge in [-0.05, 0) is 38.1 Å². The number of carbonyl (C=O) groups is 1. The van der Waals surface area contributed by atoms with Crippen LogP contribution in [0.1, 0.15) is 30.4 Å². The molecular formula is C16H19ClN6O. The first-order valence-corrected chi connectivity index (χ1v) is 8.12. The van der Waals surface area contributed by atoms with Crippen LogP contribution in [0.25, 0.3) is 0 Å². The second kappa shape index (κ2) is 6.92. The van der Waals surface area contributed by atoms with Gasteiger partial charge in [0.05, 0.1) is 17.3 Å². The van der Waals surface area contributed by atoms with Crippen LogP contribution in [0.15, 0.2) is 35.5 Å². The minimum Gasteiger partial charge on any atom is -0.354 e. The first-order chi connectivity index (χ1) is 11.5. The van der Waals surface area contributed by atoms with E-state index in [1.165, 1.54) is 0 Å². The molecule has 3 rings (SSSR count). The summed E-state index contributed by atoms with van der Waals surface area (Å²) in [7, 11) is 0. The molecule has 2 aromatic rings. The van der Waals surface area contributed by atoms with Gasteiger partial charge < -0.3 is 16.0 Å². The predicted octanol–water partition coefficient (Wildman–Crippen LogP) is 2.74. The topological polar surface area (TPSA) is 83.3 Å². The molecule has 2 heterocycles. The van der Waals surface area contributed by atoms with Crippen molar-refractivity contribution in [2.75, 3.05) is 23.7 Å². The van der Waals surface area contributed by atoms with Crippen molar-refractivity contribution in [1.82, 2.24) is 15.1 Å². The zero-order chi connectivity index (χ0) is 17.1. The van der Waals surface area contributed by atoms with Gasteiger partial charge in [-0.1, -0.05) is 11.6 Å². The van der Waals surface area contributed by atoms with Gasteiger partial charge in [-0.15, -0.1) is 0 Å². The number of rotatable bonds is 4. The van der Waals surface area contributed by atoms with E-state index in [1.807, 2.05) is 13.8 Å². The summed E-state index contributed by atoms with van der Waals surface area (Å²) in [5.74, 6) is 0.481. The van der Waals surface area contributed by atoms with Gasteiger partial charge in [-0.25, -0.2) is 0 Å². The van der Waals surface area contributed by atoms with E-state index in [0.717, 1.165) is 18.8 Å². The second-order valence-corrected chi connectivity index (χ2v) is 6.09. The first kappa shape index (κ1) is 16.3. The Labute approximate surface area is 145 Å². The Morgan fingerprint density at radius 2 is 2.21 bits per heavy atom. The lowest BCUT2D eigenvalue weighted by molar-refractivity contribution is 0.101. The maximum absolute atomic E-state index is 12.4. The van der Waals surface area contributed by atoms with E-state index in [4.69, 9.17) is 11.6 Å².